The van der Waals surface area contributed by atoms with Crippen LogP contribution < -0.4 is 5.32 Å². The fourth-order valence-corrected chi connectivity index (χ4v) is 3.14. The van der Waals surface area contributed by atoms with Gasteiger partial charge in [0.15, 0.2) is 0 Å². The predicted octanol–water partition coefficient (Wildman–Crippen LogP) is 2.97. The molecule has 0 aromatic heterocycles. The lowest BCUT2D eigenvalue weighted by Crippen LogP contribution is -2.46. The Balaban J connectivity index is 1.79. The molecule has 0 aromatic carbocycles. The van der Waals surface area contributed by atoms with Gasteiger partial charge in [0.05, 0.1) is 5.60 Å². The Morgan fingerprint density at radius 1 is 1.31 bits per heavy atom. The van der Waals surface area contributed by atoms with E-state index in [-0.39, 0.29) is 5.60 Å². The van der Waals surface area contributed by atoms with Gasteiger partial charge in [-0.3, -0.25) is 0 Å². The highest BCUT2D eigenvalue weighted by Crippen LogP contribution is 2.30. The summed E-state index contributed by atoms with van der Waals surface area (Å²) in [7, 11) is 0. The zero-order valence-electron chi connectivity index (χ0n) is 11.1. The van der Waals surface area contributed by atoms with Crippen molar-refractivity contribution < 1.29 is 4.74 Å². The number of hydrogen-bond acceptors (Lipinski definition) is 2. The van der Waals surface area contributed by atoms with Gasteiger partial charge in [0.25, 0.3) is 0 Å². The highest BCUT2D eigenvalue weighted by molar-refractivity contribution is 4.87. The Hall–Kier alpha value is -0.0800. The van der Waals surface area contributed by atoms with Gasteiger partial charge in [-0.1, -0.05) is 20.3 Å². The van der Waals surface area contributed by atoms with Crippen molar-refractivity contribution in [2.24, 2.45) is 11.8 Å². The molecule has 2 nitrogen and oxygen atoms in total. The minimum Gasteiger partial charge on any atom is -0.374 e. The second-order valence-electron chi connectivity index (χ2n) is 6.28. The molecular weight excluding hydrogens is 198 g/mol. The molecule has 2 aliphatic rings. The summed E-state index contributed by atoms with van der Waals surface area (Å²) in [5.41, 5.74) is 0.112. The van der Waals surface area contributed by atoms with Gasteiger partial charge < -0.3 is 10.1 Å². The summed E-state index contributed by atoms with van der Waals surface area (Å²) in [6.07, 6.45) is 6.59. The van der Waals surface area contributed by atoms with E-state index in [2.05, 4.69) is 26.1 Å². The van der Waals surface area contributed by atoms with Gasteiger partial charge in [-0.2, -0.15) is 0 Å². The van der Waals surface area contributed by atoms with Crippen LogP contribution >= 0.6 is 0 Å². The highest BCUT2D eigenvalue weighted by atomic mass is 16.5. The Morgan fingerprint density at radius 3 is 2.81 bits per heavy atom. The fourth-order valence-electron chi connectivity index (χ4n) is 3.14. The van der Waals surface area contributed by atoms with E-state index in [1.54, 1.807) is 0 Å². The average molecular weight is 225 g/mol. The summed E-state index contributed by atoms with van der Waals surface area (Å²) in [5.74, 6) is 1.73. The summed E-state index contributed by atoms with van der Waals surface area (Å²) >= 11 is 0. The van der Waals surface area contributed by atoms with Crippen molar-refractivity contribution in [3.8, 4) is 0 Å². The van der Waals surface area contributed by atoms with E-state index in [0.29, 0.717) is 6.04 Å². The Bertz CT molecular complexity index is 223. The third-order valence-electron chi connectivity index (χ3n) is 4.50. The molecule has 1 heterocycles. The van der Waals surface area contributed by atoms with Gasteiger partial charge in [0.1, 0.15) is 0 Å². The molecule has 16 heavy (non-hydrogen) atoms. The Morgan fingerprint density at radius 2 is 2.12 bits per heavy atom. The van der Waals surface area contributed by atoms with Crippen molar-refractivity contribution in [1.82, 2.24) is 5.32 Å². The molecule has 0 aromatic rings. The number of ether oxygens (including phenoxy) is 1. The van der Waals surface area contributed by atoms with Crippen LogP contribution in [0.5, 0.6) is 0 Å². The minimum absolute atomic E-state index is 0.112. The van der Waals surface area contributed by atoms with E-state index in [9.17, 15) is 0 Å². The topological polar surface area (TPSA) is 21.3 Å². The number of rotatable bonds is 3. The van der Waals surface area contributed by atoms with E-state index < -0.39 is 0 Å². The number of nitrogens with one attached hydrogen (secondary N) is 1. The van der Waals surface area contributed by atoms with E-state index >= 15 is 0 Å². The zero-order chi connectivity index (χ0) is 11.6. The second kappa shape index (κ2) is 5.05. The Labute approximate surface area is 100 Å². The van der Waals surface area contributed by atoms with Crippen LogP contribution in [0.4, 0.5) is 0 Å². The van der Waals surface area contributed by atoms with Gasteiger partial charge in [-0.15, -0.1) is 0 Å². The molecule has 1 aliphatic carbocycles. The van der Waals surface area contributed by atoms with E-state index in [0.717, 1.165) is 25.0 Å². The lowest BCUT2D eigenvalue weighted by Gasteiger charge is -2.36. The molecule has 0 bridgehead atoms. The summed E-state index contributed by atoms with van der Waals surface area (Å²) in [6, 6.07) is 0.713. The molecule has 94 valence electrons. The third-order valence-corrected chi connectivity index (χ3v) is 4.50. The summed E-state index contributed by atoms with van der Waals surface area (Å²) < 4.78 is 5.83. The van der Waals surface area contributed by atoms with E-state index in [4.69, 9.17) is 4.74 Å². The summed E-state index contributed by atoms with van der Waals surface area (Å²) in [5, 5.41) is 3.76. The molecule has 2 fully saturated rings. The van der Waals surface area contributed by atoms with Gasteiger partial charge >= 0.3 is 0 Å². The normalized spacial score (nSPS) is 44.8. The fraction of sp³-hybridized carbons (Fsp3) is 1.00. The maximum absolute atomic E-state index is 5.83. The summed E-state index contributed by atoms with van der Waals surface area (Å²) in [4.78, 5) is 0. The molecular formula is C14H27NO. The third kappa shape index (κ3) is 2.98. The van der Waals surface area contributed by atoms with Crippen LogP contribution in [0.2, 0.25) is 0 Å². The first kappa shape index (κ1) is 12.4. The predicted molar refractivity (Wildman–Crippen MR) is 67.6 cm³/mol. The minimum atomic E-state index is 0.112. The van der Waals surface area contributed by atoms with Gasteiger partial charge in [-0.25, -0.2) is 0 Å². The zero-order valence-corrected chi connectivity index (χ0v) is 11.1. The molecule has 1 N–H and O–H groups in total. The molecule has 0 spiro atoms. The lowest BCUT2D eigenvalue weighted by molar-refractivity contribution is 0.0152. The summed E-state index contributed by atoms with van der Waals surface area (Å²) in [6.45, 7) is 9.02. The molecule has 4 unspecified atom stereocenters. The van der Waals surface area contributed by atoms with Crippen LogP contribution in [0.1, 0.15) is 52.9 Å². The quantitative estimate of drug-likeness (QED) is 0.797. The molecule has 1 aliphatic heterocycles. The molecule has 0 radical (unpaired) electrons. The van der Waals surface area contributed by atoms with Crippen LogP contribution in [0.3, 0.4) is 0 Å². The van der Waals surface area contributed by atoms with Crippen LogP contribution in [-0.4, -0.2) is 24.8 Å². The molecule has 4 atom stereocenters. The van der Waals surface area contributed by atoms with Gasteiger partial charge in [0, 0.05) is 19.2 Å². The van der Waals surface area contributed by atoms with Gasteiger partial charge in [-0.05, 0) is 44.4 Å². The monoisotopic (exact) mass is 225 g/mol. The largest absolute Gasteiger partial charge is 0.374 e. The SMILES string of the molecule is CC1CCC(C)C(NCC2(C)CCCO2)C1. The first-order valence-electron chi connectivity index (χ1n) is 6.96. The second-order valence-corrected chi connectivity index (χ2v) is 6.28. The molecule has 1 saturated heterocycles. The van der Waals surface area contributed by atoms with Gasteiger partial charge in [0.2, 0.25) is 0 Å². The van der Waals surface area contributed by atoms with Crippen LogP contribution in [-0.2, 0) is 4.74 Å². The van der Waals surface area contributed by atoms with Crippen molar-refractivity contribution in [1.29, 1.82) is 0 Å². The first-order chi connectivity index (χ1) is 7.59. The smallest absolute Gasteiger partial charge is 0.0779 e. The van der Waals surface area contributed by atoms with Crippen LogP contribution in [0, 0.1) is 11.8 Å². The van der Waals surface area contributed by atoms with Crippen LogP contribution in [0.15, 0.2) is 0 Å². The van der Waals surface area contributed by atoms with E-state index in [1.807, 2.05) is 0 Å². The number of hydrogen-bond donors (Lipinski definition) is 1. The molecule has 0 amide bonds. The lowest BCUT2D eigenvalue weighted by atomic mass is 9.80. The molecule has 1 saturated carbocycles. The highest BCUT2D eigenvalue weighted by Gasteiger charge is 2.32. The molecule has 2 heteroatoms. The van der Waals surface area contributed by atoms with Crippen molar-refractivity contribution in [3.05, 3.63) is 0 Å². The van der Waals surface area contributed by atoms with Crippen molar-refractivity contribution in [2.45, 2.75) is 64.5 Å². The standard InChI is InChI=1S/C14H27NO/c1-11-5-6-12(2)13(9-11)15-10-14(3)7-4-8-16-14/h11-13,15H,4-10H2,1-3H3. The van der Waals surface area contributed by atoms with Crippen molar-refractivity contribution >= 4 is 0 Å². The van der Waals surface area contributed by atoms with Crippen LogP contribution in [0.25, 0.3) is 0 Å². The van der Waals surface area contributed by atoms with Crippen molar-refractivity contribution in [3.63, 3.8) is 0 Å². The molecule has 2 rings (SSSR count). The average Bonchev–Trinajstić information content (AvgIpc) is 2.67. The van der Waals surface area contributed by atoms with Crippen molar-refractivity contribution in [2.75, 3.05) is 13.2 Å². The maximum Gasteiger partial charge on any atom is 0.0779 e. The Kier molecular flexibility index (Phi) is 3.91. The van der Waals surface area contributed by atoms with E-state index in [1.165, 1.54) is 32.1 Å². The maximum atomic E-state index is 5.83. The first-order valence-corrected chi connectivity index (χ1v) is 6.96.